The van der Waals surface area contributed by atoms with Gasteiger partial charge in [0.15, 0.2) is 0 Å². The van der Waals surface area contributed by atoms with E-state index in [0.29, 0.717) is 0 Å². The summed E-state index contributed by atoms with van der Waals surface area (Å²) in [6, 6.07) is 0. The molecular formula is C6H16N2O2. The van der Waals surface area contributed by atoms with E-state index in [9.17, 15) is 4.79 Å². The third-order valence-electron chi connectivity index (χ3n) is 0.774. The topological polar surface area (TPSA) is 89.3 Å². The van der Waals surface area contributed by atoms with Gasteiger partial charge in [0.25, 0.3) is 0 Å². The van der Waals surface area contributed by atoms with E-state index in [1.54, 1.807) is 6.92 Å². The number of carbonyl (C=O) groups is 1. The van der Waals surface area contributed by atoms with Gasteiger partial charge in [0.1, 0.15) is 0 Å². The van der Waals surface area contributed by atoms with Crippen LogP contribution in [0.25, 0.3) is 0 Å². The summed E-state index contributed by atoms with van der Waals surface area (Å²) in [6.07, 6.45) is 0.968. The predicted molar refractivity (Wildman–Crippen MR) is 40.4 cm³/mol. The lowest BCUT2D eigenvalue weighted by Gasteiger charge is -1.92. The van der Waals surface area contributed by atoms with Crippen molar-refractivity contribution in [1.29, 1.82) is 0 Å². The first-order valence-corrected chi connectivity index (χ1v) is 3.27. The van der Waals surface area contributed by atoms with Crippen LogP contribution < -0.4 is 11.5 Å². The number of carboxylic acids is 1. The van der Waals surface area contributed by atoms with Gasteiger partial charge in [0.05, 0.1) is 6.17 Å². The molecule has 0 aromatic heterocycles. The fourth-order valence-corrected chi connectivity index (χ4v) is 0. The summed E-state index contributed by atoms with van der Waals surface area (Å²) < 4.78 is 0. The van der Waals surface area contributed by atoms with Crippen LogP contribution in [-0.2, 0) is 4.79 Å². The van der Waals surface area contributed by atoms with E-state index in [2.05, 4.69) is 0 Å². The van der Waals surface area contributed by atoms with Crippen LogP contribution in [-0.4, -0.2) is 17.2 Å². The third-order valence-corrected chi connectivity index (χ3v) is 0.774. The van der Waals surface area contributed by atoms with Crippen LogP contribution in [0.3, 0.4) is 0 Å². The Bertz CT molecular complexity index is 83.8. The van der Waals surface area contributed by atoms with Gasteiger partial charge < -0.3 is 16.6 Å². The molecule has 0 atom stereocenters. The molecule has 0 amide bonds. The molecule has 0 aromatic carbocycles. The molecule has 0 saturated carbocycles. The van der Waals surface area contributed by atoms with Crippen molar-refractivity contribution < 1.29 is 9.90 Å². The standard InChI is InChI=1S/C3H10N2.C3H6O2/c2*1-2-3(4)5/h3H,2,4-5H2,1H3;2H2,1H3,(H,4,5). The largest absolute Gasteiger partial charge is 0.481 e. The fraction of sp³-hybridized carbons (Fsp3) is 0.833. The van der Waals surface area contributed by atoms with Gasteiger partial charge in [-0.25, -0.2) is 0 Å². The number of carboxylic acid groups (broad SMARTS) is 1. The summed E-state index contributed by atoms with van der Waals surface area (Å²) in [5.74, 6) is -0.745. The number of hydrogen-bond donors (Lipinski definition) is 3. The van der Waals surface area contributed by atoms with E-state index in [-0.39, 0.29) is 12.6 Å². The van der Waals surface area contributed by atoms with Gasteiger partial charge in [-0.1, -0.05) is 13.8 Å². The molecule has 4 nitrogen and oxygen atoms in total. The highest BCUT2D eigenvalue weighted by atomic mass is 16.4. The molecule has 0 fully saturated rings. The van der Waals surface area contributed by atoms with E-state index in [0.717, 1.165) is 6.42 Å². The molecule has 0 spiro atoms. The zero-order chi connectivity index (χ0) is 8.57. The van der Waals surface area contributed by atoms with Crippen molar-refractivity contribution in [3.63, 3.8) is 0 Å². The second-order valence-electron chi connectivity index (χ2n) is 1.82. The lowest BCUT2D eigenvalue weighted by Crippen LogP contribution is -2.28. The van der Waals surface area contributed by atoms with Gasteiger partial charge in [0.2, 0.25) is 0 Å². The normalized spacial score (nSPS) is 8.50. The summed E-state index contributed by atoms with van der Waals surface area (Å²) >= 11 is 0. The fourth-order valence-electron chi connectivity index (χ4n) is 0. The molecule has 4 heteroatoms. The van der Waals surface area contributed by atoms with Gasteiger partial charge in [-0.2, -0.15) is 0 Å². The molecule has 0 rings (SSSR count). The summed E-state index contributed by atoms with van der Waals surface area (Å²) in [5, 5.41) is 7.72. The highest BCUT2D eigenvalue weighted by Crippen LogP contribution is 1.68. The molecule has 5 N–H and O–H groups in total. The molecule has 10 heavy (non-hydrogen) atoms. The third kappa shape index (κ3) is 26.3. The number of nitrogens with two attached hydrogens (primary N) is 2. The Morgan fingerprint density at radius 2 is 1.70 bits per heavy atom. The SMILES string of the molecule is CCC(=O)O.CCC(N)N. The molecule has 0 saturated heterocycles. The summed E-state index contributed by atoms with van der Waals surface area (Å²) in [4.78, 5) is 9.37. The monoisotopic (exact) mass is 148 g/mol. The number of hydrogen-bond acceptors (Lipinski definition) is 3. The minimum Gasteiger partial charge on any atom is -0.481 e. The first kappa shape index (κ1) is 12.1. The van der Waals surface area contributed by atoms with Gasteiger partial charge in [-0.3, -0.25) is 4.79 Å². The molecule has 0 aliphatic rings. The van der Waals surface area contributed by atoms with E-state index >= 15 is 0 Å². The van der Waals surface area contributed by atoms with Gasteiger partial charge in [-0.15, -0.1) is 0 Å². The van der Waals surface area contributed by atoms with Crippen LogP contribution in [0.5, 0.6) is 0 Å². The second kappa shape index (κ2) is 8.39. The summed E-state index contributed by atoms with van der Waals surface area (Å²) in [6.45, 7) is 3.55. The summed E-state index contributed by atoms with van der Waals surface area (Å²) in [5.41, 5.74) is 10.1. The smallest absolute Gasteiger partial charge is 0.303 e. The molecule has 0 aliphatic carbocycles. The number of aliphatic carboxylic acids is 1. The first-order valence-electron chi connectivity index (χ1n) is 3.27. The number of rotatable bonds is 2. The van der Waals surface area contributed by atoms with Crippen molar-refractivity contribution in [1.82, 2.24) is 0 Å². The predicted octanol–water partition coefficient (Wildman–Crippen LogP) is 0.121. The van der Waals surface area contributed by atoms with Crippen LogP contribution in [0.4, 0.5) is 0 Å². The molecule has 0 unspecified atom stereocenters. The Hall–Kier alpha value is -0.610. The van der Waals surface area contributed by atoms with E-state index in [4.69, 9.17) is 16.6 Å². The lowest BCUT2D eigenvalue weighted by molar-refractivity contribution is -0.136. The Labute approximate surface area is 61.2 Å². The highest BCUT2D eigenvalue weighted by molar-refractivity contribution is 5.66. The Kier molecular flexibility index (Phi) is 10.2. The van der Waals surface area contributed by atoms with Crippen LogP contribution >= 0.6 is 0 Å². The zero-order valence-corrected chi connectivity index (χ0v) is 6.50. The van der Waals surface area contributed by atoms with Crippen molar-refractivity contribution in [2.24, 2.45) is 11.5 Å². The molecule has 0 aliphatic heterocycles. The average molecular weight is 148 g/mol. The van der Waals surface area contributed by atoms with Crippen molar-refractivity contribution in [2.45, 2.75) is 32.9 Å². The quantitative estimate of drug-likeness (QED) is 0.485. The highest BCUT2D eigenvalue weighted by Gasteiger charge is 1.81. The average Bonchev–Trinajstić information content (AvgIpc) is 1.89. The maximum Gasteiger partial charge on any atom is 0.303 e. The van der Waals surface area contributed by atoms with E-state index in [1.807, 2.05) is 6.92 Å². The molecule has 62 valence electrons. The van der Waals surface area contributed by atoms with Gasteiger partial charge in [-0.05, 0) is 6.42 Å². The van der Waals surface area contributed by atoms with E-state index in [1.165, 1.54) is 0 Å². The molecule has 0 aromatic rings. The van der Waals surface area contributed by atoms with Crippen molar-refractivity contribution in [2.75, 3.05) is 0 Å². The van der Waals surface area contributed by atoms with Crippen LogP contribution in [0.2, 0.25) is 0 Å². The second-order valence-corrected chi connectivity index (χ2v) is 1.82. The lowest BCUT2D eigenvalue weighted by atomic mass is 10.4. The van der Waals surface area contributed by atoms with Crippen LogP contribution in [0.15, 0.2) is 0 Å². The maximum atomic E-state index is 9.37. The minimum atomic E-state index is -0.745. The Balaban J connectivity index is 0. The molecule has 0 bridgehead atoms. The van der Waals surface area contributed by atoms with Crippen molar-refractivity contribution >= 4 is 5.97 Å². The maximum absolute atomic E-state index is 9.37. The molecular weight excluding hydrogens is 132 g/mol. The van der Waals surface area contributed by atoms with Crippen LogP contribution in [0, 0.1) is 0 Å². The van der Waals surface area contributed by atoms with Gasteiger partial charge in [0, 0.05) is 6.42 Å². The Morgan fingerprint density at radius 3 is 1.70 bits per heavy atom. The first-order chi connectivity index (χ1) is 4.54. The van der Waals surface area contributed by atoms with Crippen LogP contribution in [0.1, 0.15) is 26.7 Å². The minimum absolute atomic E-state index is 0.116. The Morgan fingerprint density at radius 1 is 1.50 bits per heavy atom. The van der Waals surface area contributed by atoms with Gasteiger partial charge >= 0.3 is 5.97 Å². The van der Waals surface area contributed by atoms with Crippen molar-refractivity contribution in [3.8, 4) is 0 Å². The molecule has 0 radical (unpaired) electrons. The summed E-state index contributed by atoms with van der Waals surface area (Å²) in [7, 11) is 0. The van der Waals surface area contributed by atoms with E-state index < -0.39 is 5.97 Å². The molecule has 0 heterocycles. The zero-order valence-electron chi connectivity index (χ0n) is 6.50. The van der Waals surface area contributed by atoms with Crippen molar-refractivity contribution in [3.05, 3.63) is 0 Å².